The van der Waals surface area contributed by atoms with Crippen LogP contribution >= 0.6 is 0 Å². The molecule has 0 saturated carbocycles. The smallest absolute Gasteiger partial charge is 0.227 e. The molecule has 4 rings (SSSR count). The Morgan fingerprint density at radius 3 is 2.18 bits per heavy atom. The van der Waals surface area contributed by atoms with Crippen LogP contribution in [0.25, 0.3) is 0 Å². The van der Waals surface area contributed by atoms with E-state index in [0.717, 1.165) is 62.4 Å². The van der Waals surface area contributed by atoms with E-state index in [1.54, 1.807) is 30.7 Å². The predicted molar refractivity (Wildman–Crippen MR) is 107 cm³/mol. The van der Waals surface area contributed by atoms with Gasteiger partial charge in [-0.2, -0.15) is 4.98 Å². The number of nitrogens with one attached hydrogen (secondary N) is 1. The van der Waals surface area contributed by atoms with E-state index >= 15 is 0 Å². The van der Waals surface area contributed by atoms with E-state index in [9.17, 15) is 4.39 Å². The van der Waals surface area contributed by atoms with Gasteiger partial charge < -0.3 is 15.1 Å². The number of piperazine rings is 1. The van der Waals surface area contributed by atoms with E-state index < -0.39 is 0 Å². The van der Waals surface area contributed by atoms with Crippen molar-refractivity contribution in [2.24, 2.45) is 0 Å². The number of halogens is 1. The molecule has 1 saturated heterocycles. The highest BCUT2D eigenvalue weighted by Gasteiger charge is 2.20. The Morgan fingerprint density at radius 1 is 0.821 bits per heavy atom. The SMILES string of the molecule is Fc1ccc(CCNc2ccnc(N3CCN(c4ncccn4)CC3)n2)cc1. The van der Waals surface area contributed by atoms with Crippen LogP contribution < -0.4 is 15.1 Å². The van der Waals surface area contributed by atoms with Crippen molar-refractivity contribution in [2.75, 3.05) is 47.8 Å². The summed E-state index contributed by atoms with van der Waals surface area (Å²) >= 11 is 0. The second kappa shape index (κ2) is 8.60. The summed E-state index contributed by atoms with van der Waals surface area (Å²) in [4.78, 5) is 22.0. The molecule has 7 nitrogen and oxygen atoms in total. The molecule has 1 fully saturated rings. The van der Waals surface area contributed by atoms with Crippen LogP contribution in [0.3, 0.4) is 0 Å². The standard InChI is InChI=1S/C20H22FN7/c21-17-4-2-16(3-5-17)6-10-22-18-7-11-25-20(26-18)28-14-12-27(13-15-28)19-23-8-1-9-24-19/h1-5,7-9,11H,6,10,12-15H2,(H,22,25,26). The number of hydrogen-bond donors (Lipinski definition) is 1. The minimum atomic E-state index is -0.212. The molecule has 0 amide bonds. The summed E-state index contributed by atoms with van der Waals surface area (Å²) in [6.45, 7) is 4.01. The Bertz CT molecular complexity index is 881. The fourth-order valence-electron chi connectivity index (χ4n) is 3.15. The zero-order valence-corrected chi connectivity index (χ0v) is 15.5. The number of aromatic nitrogens is 4. The molecule has 0 spiro atoms. The van der Waals surface area contributed by atoms with Crippen molar-refractivity contribution in [2.45, 2.75) is 6.42 Å². The van der Waals surface area contributed by atoms with Gasteiger partial charge in [-0.25, -0.2) is 19.3 Å². The van der Waals surface area contributed by atoms with Crippen LogP contribution in [0.15, 0.2) is 55.0 Å². The lowest BCUT2D eigenvalue weighted by molar-refractivity contribution is 0.627. The molecule has 1 aliphatic rings. The van der Waals surface area contributed by atoms with E-state index in [1.165, 1.54) is 12.1 Å². The first kappa shape index (κ1) is 18.1. The van der Waals surface area contributed by atoms with Crippen LogP contribution in [0, 0.1) is 5.82 Å². The Kier molecular flexibility index (Phi) is 5.56. The highest BCUT2D eigenvalue weighted by Crippen LogP contribution is 2.16. The summed E-state index contributed by atoms with van der Waals surface area (Å²) < 4.78 is 13.0. The Morgan fingerprint density at radius 2 is 1.46 bits per heavy atom. The number of rotatable bonds is 6. The quantitative estimate of drug-likeness (QED) is 0.705. The summed E-state index contributed by atoms with van der Waals surface area (Å²) in [6.07, 6.45) is 6.10. The summed E-state index contributed by atoms with van der Waals surface area (Å²) in [5.41, 5.74) is 1.09. The third kappa shape index (κ3) is 4.51. The molecule has 8 heteroatoms. The summed E-state index contributed by atoms with van der Waals surface area (Å²) in [5, 5.41) is 3.32. The largest absolute Gasteiger partial charge is 0.370 e. The second-order valence-corrected chi connectivity index (χ2v) is 6.57. The van der Waals surface area contributed by atoms with E-state index in [-0.39, 0.29) is 5.82 Å². The molecule has 0 unspecified atom stereocenters. The average molecular weight is 379 g/mol. The highest BCUT2D eigenvalue weighted by atomic mass is 19.1. The molecule has 0 aliphatic carbocycles. The zero-order valence-electron chi connectivity index (χ0n) is 15.5. The zero-order chi connectivity index (χ0) is 19.2. The van der Waals surface area contributed by atoms with Gasteiger partial charge in [-0.1, -0.05) is 12.1 Å². The van der Waals surface area contributed by atoms with Crippen molar-refractivity contribution in [3.63, 3.8) is 0 Å². The highest BCUT2D eigenvalue weighted by molar-refractivity contribution is 5.43. The first-order chi connectivity index (χ1) is 13.8. The van der Waals surface area contributed by atoms with Crippen molar-refractivity contribution in [1.29, 1.82) is 0 Å². The van der Waals surface area contributed by atoms with Crippen LogP contribution in [0.5, 0.6) is 0 Å². The van der Waals surface area contributed by atoms with Crippen LogP contribution in [0.1, 0.15) is 5.56 Å². The minimum absolute atomic E-state index is 0.212. The van der Waals surface area contributed by atoms with Gasteiger partial charge in [-0.15, -0.1) is 0 Å². The van der Waals surface area contributed by atoms with Gasteiger partial charge in [0.15, 0.2) is 0 Å². The number of hydrogen-bond acceptors (Lipinski definition) is 7. The Hall–Kier alpha value is -3.29. The third-order valence-electron chi connectivity index (χ3n) is 4.67. The average Bonchev–Trinajstić information content (AvgIpc) is 2.76. The van der Waals surface area contributed by atoms with Gasteiger partial charge in [0.05, 0.1) is 0 Å². The van der Waals surface area contributed by atoms with Crippen molar-refractivity contribution in [3.8, 4) is 0 Å². The van der Waals surface area contributed by atoms with Gasteiger partial charge in [-0.3, -0.25) is 0 Å². The molecule has 0 radical (unpaired) electrons. The molecule has 0 atom stereocenters. The van der Waals surface area contributed by atoms with Gasteiger partial charge in [0.2, 0.25) is 11.9 Å². The van der Waals surface area contributed by atoms with Crippen molar-refractivity contribution < 1.29 is 4.39 Å². The lowest BCUT2D eigenvalue weighted by Crippen LogP contribution is -2.47. The lowest BCUT2D eigenvalue weighted by atomic mass is 10.1. The normalized spacial score (nSPS) is 14.2. The maximum Gasteiger partial charge on any atom is 0.227 e. The second-order valence-electron chi connectivity index (χ2n) is 6.57. The summed E-state index contributed by atoms with van der Waals surface area (Å²) in [7, 11) is 0. The molecule has 2 aromatic heterocycles. The Balaban J connectivity index is 1.31. The molecule has 144 valence electrons. The molecule has 1 aliphatic heterocycles. The van der Waals surface area contributed by atoms with Crippen LogP contribution in [-0.4, -0.2) is 52.7 Å². The maximum absolute atomic E-state index is 13.0. The van der Waals surface area contributed by atoms with E-state index in [2.05, 4.69) is 35.1 Å². The molecule has 0 bridgehead atoms. The topological polar surface area (TPSA) is 70.1 Å². The summed E-state index contributed by atoms with van der Waals surface area (Å²) in [5.74, 6) is 2.07. The first-order valence-corrected chi connectivity index (χ1v) is 9.36. The number of nitrogens with zero attached hydrogens (tertiary/aromatic N) is 6. The van der Waals surface area contributed by atoms with Crippen molar-refractivity contribution >= 4 is 17.7 Å². The Labute approximate surface area is 163 Å². The molecule has 1 aromatic carbocycles. The fourth-order valence-corrected chi connectivity index (χ4v) is 3.15. The minimum Gasteiger partial charge on any atom is -0.370 e. The van der Waals surface area contributed by atoms with Gasteiger partial charge in [0.1, 0.15) is 11.6 Å². The maximum atomic E-state index is 13.0. The van der Waals surface area contributed by atoms with Crippen molar-refractivity contribution in [1.82, 2.24) is 19.9 Å². The molecular weight excluding hydrogens is 357 g/mol. The van der Waals surface area contributed by atoms with Gasteiger partial charge in [0.25, 0.3) is 0 Å². The van der Waals surface area contributed by atoms with E-state index in [1.807, 2.05) is 12.1 Å². The van der Waals surface area contributed by atoms with Crippen LogP contribution in [0.2, 0.25) is 0 Å². The molecule has 28 heavy (non-hydrogen) atoms. The molecule has 3 heterocycles. The van der Waals surface area contributed by atoms with Crippen molar-refractivity contribution in [3.05, 3.63) is 66.4 Å². The number of benzene rings is 1. The van der Waals surface area contributed by atoms with Gasteiger partial charge in [0, 0.05) is 51.3 Å². The van der Waals surface area contributed by atoms with E-state index in [4.69, 9.17) is 0 Å². The predicted octanol–water partition coefficient (Wildman–Crippen LogP) is 2.39. The summed E-state index contributed by atoms with van der Waals surface area (Å²) in [6, 6.07) is 10.3. The first-order valence-electron chi connectivity index (χ1n) is 9.36. The number of anilines is 3. The molecule has 3 aromatic rings. The van der Waals surface area contributed by atoms with E-state index in [0.29, 0.717) is 0 Å². The lowest BCUT2D eigenvalue weighted by Gasteiger charge is -2.34. The fraction of sp³-hybridized carbons (Fsp3) is 0.300. The van der Waals surface area contributed by atoms with Crippen LogP contribution in [-0.2, 0) is 6.42 Å². The monoisotopic (exact) mass is 379 g/mol. The van der Waals surface area contributed by atoms with Gasteiger partial charge in [-0.05, 0) is 36.2 Å². The molecular formula is C20H22FN7. The van der Waals surface area contributed by atoms with Gasteiger partial charge >= 0.3 is 0 Å². The molecule has 1 N–H and O–H groups in total. The third-order valence-corrected chi connectivity index (χ3v) is 4.67. The van der Waals surface area contributed by atoms with Crippen LogP contribution in [0.4, 0.5) is 22.1 Å².